The maximum absolute atomic E-state index is 13.4. The molecule has 0 radical (unpaired) electrons. The predicted molar refractivity (Wildman–Crippen MR) is 146 cm³/mol. The number of aromatic amines is 2. The predicted octanol–water partition coefficient (Wildman–Crippen LogP) is -0.663. The zero-order chi connectivity index (χ0) is 29.2. The molecular formula is C25H31N7O7S. The van der Waals surface area contributed by atoms with Crippen LogP contribution in [0.1, 0.15) is 24.1 Å². The van der Waals surface area contributed by atoms with Crippen LogP contribution in [0.25, 0.3) is 10.9 Å². The van der Waals surface area contributed by atoms with E-state index in [4.69, 9.17) is 10.8 Å². The molecule has 2 heterocycles. The Morgan fingerprint density at radius 1 is 0.925 bits per heavy atom. The van der Waals surface area contributed by atoms with E-state index in [1.165, 1.54) is 12.5 Å². The van der Waals surface area contributed by atoms with Gasteiger partial charge in [0.15, 0.2) is 0 Å². The third kappa shape index (κ3) is 8.31. The van der Waals surface area contributed by atoms with Gasteiger partial charge in [0, 0.05) is 54.0 Å². The molecule has 0 aliphatic rings. The summed E-state index contributed by atoms with van der Waals surface area (Å²) in [6.45, 7) is 0. The highest BCUT2D eigenvalue weighted by molar-refractivity contribution is 7.80. The Morgan fingerprint density at radius 3 is 2.25 bits per heavy atom. The molecule has 3 rings (SSSR count). The second-order valence-electron chi connectivity index (χ2n) is 9.09. The number of para-hydroxylation sites is 1. The molecule has 1 aromatic carbocycles. The smallest absolute Gasteiger partial charge is 0.326 e. The number of imidazole rings is 1. The lowest BCUT2D eigenvalue weighted by molar-refractivity contribution is -0.142. The quantitative estimate of drug-likeness (QED) is 0.105. The summed E-state index contributed by atoms with van der Waals surface area (Å²) in [5.41, 5.74) is 7.84. The third-order valence-corrected chi connectivity index (χ3v) is 6.51. The van der Waals surface area contributed by atoms with Crippen LogP contribution in [0.5, 0.6) is 0 Å². The number of aromatic nitrogens is 3. The van der Waals surface area contributed by atoms with Crippen molar-refractivity contribution in [1.82, 2.24) is 30.9 Å². The average Bonchev–Trinajstić information content (AvgIpc) is 3.59. The number of carboxylic acid groups (broad SMARTS) is 2. The fourth-order valence-electron chi connectivity index (χ4n) is 3.97. The molecule has 0 aliphatic carbocycles. The molecule has 0 saturated heterocycles. The van der Waals surface area contributed by atoms with Gasteiger partial charge in [0.2, 0.25) is 17.7 Å². The summed E-state index contributed by atoms with van der Waals surface area (Å²) in [6, 6.07) is 2.42. The summed E-state index contributed by atoms with van der Waals surface area (Å²) >= 11 is 4.14. The SMILES string of the molecule is NC(CCC(=O)O)C(=O)NC(Cc1c[nH]c2ccccc12)C(=O)NC(CS)C(=O)NC(Cc1cnc[nH]1)C(=O)O. The fourth-order valence-corrected chi connectivity index (χ4v) is 4.23. The minimum absolute atomic E-state index is 0.0196. The number of aliphatic carboxylic acids is 2. The van der Waals surface area contributed by atoms with Crippen LogP contribution in [-0.2, 0) is 36.8 Å². The molecule has 9 N–H and O–H groups in total. The Morgan fingerprint density at radius 2 is 1.60 bits per heavy atom. The Labute approximate surface area is 233 Å². The van der Waals surface area contributed by atoms with Gasteiger partial charge in [-0.05, 0) is 18.1 Å². The zero-order valence-corrected chi connectivity index (χ0v) is 22.2. The highest BCUT2D eigenvalue weighted by atomic mass is 32.1. The van der Waals surface area contributed by atoms with Gasteiger partial charge >= 0.3 is 11.9 Å². The second kappa shape index (κ2) is 14.1. The van der Waals surface area contributed by atoms with Gasteiger partial charge in [0.1, 0.15) is 18.1 Å². The maximum atomic E-state index is 13.4. The van der Waals surface area contributed by atoms with E-state index in [0.29, 0.717) is 11.3 Å². The van der Waals surface area contributed by atoms with Crippen LogP contribution < -0.4 is 21.7 Å². The van der Waals surface area contributed by atoms with Crippen LogP contribution in [0.3, 0.4) is 0 Å². The Kier molecular flexibility index (Phi) is 10.7. The second-order valence-corrected chi connectivity index (χ2v) is 9.45. The van der Waals surface area contributed by atoms with Crippen molar-refractivity contribution < 1.29 is 34.2 Å². The number of rotatable bonds is 15. The molecule has 0 fully saturated rings. The lowest BCUT2D eigenvalue weighted by atomic mass is 10.0. The van der Waals surface area contributed by atoms with E-state index in [1.54, 1.807) is 6.20 Å². The molecule has 3 amide bonds. The summed E-state index contributed by atoms with van der Waals surface area (Å²) in [7, 11) is 0. The maximum Gasteiger partial charge on any atom is 0.326 e. The molecule has 15 heteroatoms. The first kappa shape index (κ1) is 30.2. The summed E-state index contributed by atoms with van der Waals surface area (Å²) < 4.78 is 0. The van der Waals surface area contributed by atoms with Crippen molar-refractivity contribution in [3.63, 3.8) is 0 Å². The molecule has 4 atom stereocenters. The van der Waals surface area contributed by atoms with E-state index in [1.807, 2.05) is 24.3 Å². The van der Waals surface area contributed by atoms with Crippen molar-refractivity contribution in [2.24, 2.45) is 5.73 Å². The van der Waals surface area contributed by atoms with Crippen molar-refractivity contribution >= 4 is 53.2 Å². The van der Waals surface area contributed by atoms with Crippen molar-refractivity contribution in [2.75, 3.05) is 5.75 Å². The molecule has 214 valence electrons. The summed E-state index contributed by atoms with van der Waals surface area (Å²) in [6.07, 6.45) is 3.97. The number of hydrogen-bond acceptors (Lipinski definition) is 8. The number of fused-ring (bicyclic) bond motifs is 1. The van der Waals surface area contributed by atoms with E-state index in [2.05, 4.69) is 43.5 Å². The highest BCUT2D eigenvalue weighted by Crippen LogP contribution is 2.19. The van der Waals surface area contributed by atoms with Gasteiger partial charge in [-0.1, -0.05) is 18.2 Å². The minimum Gasteiger partial charge on any atom is -0.481 e. The minimum atomic E-state index is -1.30. The number of nitrogens with one attached hydrogen (secondary N) is 5. The normalized spacial score (nSPS) is 14.1. The van der Waals surface area contributed by atoms with Gasteiger partial charge in [0.05, 0.1) is 12.4 Å². The molecule has 0 aliphatic heterocycles. The van der Waals surface area contributed by atoms with Crippen LogP contribution in [-0.4, -0.2) is 84.7 Å². The number of nitrogens with two attached hydrogens (primary N) is 1. The third-order valence-electron chi connectivity index (χ3n) is 6.15. The highest BCUT2D eigenvalue weighted by Gasteiger charge is 2.30. The van der Waals surface area contributed by atoms with Crippen LogP contribution in [0, 0.1) is 0 Å². The first-order chi connectivity index (χ1) is 19.1. The van der Waals surface area contributed by atoms with Crippen LogP contribution in [0.15, 0.2) is 43.0 Å². The molecule has 40 heavy (non-hydrogen) atoms. The lowest BCUT2D eigenvalue weighted by Gasteiger charge is -2.24. The van der Waals surface area contributed by atoms with Crippen LogP contribution >= 0.6 is 12.6 Å². The van der Waals surface area contributed by atoms with Crippen molar-refractivity contribution in [1.29, 1.82) is 0 Å². The summed E-state index contributed by atoms with van der Waals surface area (Å²) in [5.74, 6) is -4.83. The number of carbonyl (C=O) groups excluding carboxylic acids is 3. The summed E-state index contributed by atoms with van der Waals surface area (Å²) in [4.78, 5) is 71.3. The fraction of sp³-hybridized carbons (Fsp3) is 0.360. The van der Waals surface area contributed by atoms with Gasteiger partial charge in [0.25, 0.3) is 0 Å². The van der Waals surface area contributed by atoms with Crippen LogP contribution in [0.2, 0.25) is 0 Å². The molecule has 4 unspecified atom stereocenters. The number of nitrogens with zero attached hydrogens (tertiary/aromatic N) is 1. The standard InChI is InChI=1S/C25H31N7O7S/c26-16(5-6-21(33)34)22(35)30-18(7-13-9-28-17-4-2-1-3-15(13)17)23(36)32-20(11-40)24(37)31-19(25(38)39)8-14-10-27-12-29-14/h1-4,9-10,12,16,18-20,28,40H,5-8,11,26H2,(H,27,29)(H,30,35)(H,31,37)(H,32,36)(H,33,34)(H,38,39). The van der Waals surface area contributed by atoms with Crippen molar-refractivity contribution in [3.05, 3.63) is 54.2 Å². The van der Waals surface area contributed by atoms with Gasteiger partial charge < -0.3 is 41.9 Å². The molecule has 2 aromatic heterocycles. The van der Waals surface area contributed by atoms with E-state index < -0.39 is 53.8 Å². The number of thiol groups is 1. The molecule has 0 spiro atoms. The Hall–Kier alpha value is -4.37. The van der Waals surface area contributed by atoms with E-state index in [9.17, 15) is 29.1 Å². The van der Waals surface area contributed by atoms with Gasteiger partial charge in [-0.15, -0.1) is 0 Å². The van der Waals surface area contributed by atoms with Gasteiger partial charge in [-0.25, -0.2) is 9.78 Å². The van der Waals surface area contributed by atoms with E-state index >= 15 is 0 Å². The Balaban J connectivity index is 1.75. The molecule has 0 saturated carbocycles. The van der Waals surface area contributed by atoms with E-state index in [0.717, 1.165) is 10.9 Å². The van der Waals surface area contributed by atoms with E-state index in [-0.39, 0.29) is 31.4 Å². The van der Waals surface area contributed by atoms with Crippen LogP contribution in [0.4, 0.5) is 0 Å². The molecule has 3 aromatic rings. The van der Waals surface area contributed by atoms with Gasteiger partial charge in [-0.2, -0.15) is 12.6 Å². The number of carbonyl (C=O) groups is 5. The average molecular weight is 574 g/mol. The number of benzene rings is 1. The molecular weight excluding hydrogens is 542 g/mol. The molecule has 14 nitrogen and oxygen atoms in total. The molecule has 0 bridgehead atoms. The largest absolute Gasteiger partial charge is 0.481 e. The lowest BCUT2D eigenvalue weighted by Crippen LogP contribution is -2.58. The first-order valence-corrected chi connectivity index (χ1v) is 13.0. The van der Waals surface area contributed by atoms with Gasteiger partial charge in [-0.3, -0.25) is 19.2 Å². The zero-order valence-electron chi connectivity index (χ0n) is 21.3. The van der Waals surface area contributed by atoms with Crippen molar-refractivity contribution in [2.45, 2.75) is 49.9 Å². The first-order valence-electron chi connectivity index (χ1n) is 12.3. The number of H-pyrrole nitrogens is 2. The number of amides is 3. The topological polar surface area (TPSA) is 232 Å². The monoisotopic (exact) mass is 573 g/mol. The number of hydrogen-bond donors (Lipinski definition) is 9. The number of carboxylic acids is 2. The van der Waals surface area contributed by atoms with Crippen molar-refractivity contribution in [3.8, 4) is 0 Å². The Bertz CT molecular complexity index is 1340. The summed E-state index contributed by atoms with van der Waals surface area (Å²) in [5, 5.41) is 26.7.